The van der Waals surface area contributed by atoms with E-state index in [9.17, 15) is 10.0 Å². The van der Waals surface area contributed by atoms with E-state index >= 15 is 0 Å². The third kappa shape index (κ3) is 2.61. The van der Waals surface area contributed by atoms with Crippen molar-refractivity contribution in [1.82, 2.24) is 0 Å². The van der Waals surface area contributed by atoms with Crippen LogP contribution in [0.4, 0.5) is 5.69 Å². The fourth-order valence-corrected chi connectivity index (χ4v) is 3.66. The molecular formula is C19H17N2O5-. The van der Waals surface area contributed by atoms with Gasteiger partial charge in [0, 0.05) is 5.56 Å². The van der Waals surface area contributed by atoms with E-state index in [2.05, 4.69) is 0 Å². The van der Waals surface area contributed by atoms with Gasteiger partial charge >= 0.3 is 5.97 Å². The van der Waals surface area contributed by atoms with E-state index in [1.165, 1.54) is 19.2 Å². The molecule has 0 bridgehead atoms. The molecule has 0 saturated carbocycles. The quantitative estimate of drug-likeness (QED) is 0.673. The number of aliphatic imine (C=N–C) groups is 1. The van der Waals surface area contributed by atoms with Crippen molar-refractivity contribution >= 4 is 17.4 Å². The number of benzene rings is 2. The largest absolute Gasteiger partial charge is 0.733 e. The van der Waals surface area contributed by atoms with E-state index in [-0.39, 0.29) is 22.8 Å². The molecule has 0 spiro atoms. The Labute approximate surface area is 150 Å². The molecule has 0 aliphatic carbocycles. The number of carbonyl (C=O) groups excluding carboxylic acids is 1. The molecule has 0 radical (unpaired) electrons. The van der Waals surface area contributed by atoms with Crippen LogP contribution in [-0.2, 0) is 9.53 Å². The Kier molecular flexibility index (Phi) is 4.10. The van der Waals surface area contributed by atoms with Crippen molar-refractivity contribution < 1.29 is 19.5 Å². The molecule has 0 aromatic heterocycles. The molecule has 1 N–H and O–H groups in total. The van der Waals surface area contributed by atoms with E-state index in [0.29, 0.717) is 6.61 Å². The average molecular weight is 353 g/mol. The van der Waals surface area contributed by atoms with Gasteiger partial charge in [0.15, 0.2) is 0 Å². The summed E-state index contributed by atoms with van der Waals surface area (Å²) in [6, 6.07) is 13.5. The van der Waals surface area contributed by atoms with Crippen LogP contribution in [0.25, 0.3) is 0 Å². The minimum atomic E-state index is -0.508. The highest BCUT2D eigenvalue weighted by Gasteiger charge is 2.47. The highest BCUT2D eigenvalue weighted by atomic mass is 16.8. The first-order chi connectivity index (χ1) is 12.6. The number of methoxy groups -OCH3 is 1. The molecular weight excluding hydrogens is 336 g/mol. The fourth-order valence-electron chi connectivity index (χ4n) is 3.66. The summed E-state index contributed by atoms with van der Waals surface area (Å²) in [5, 5.41) is 19.8. The van der Waals surface area contributed by atoms with Crippen molar-refractivity contribution in [1.29, 1.82) is 0 Å². The van der Waals surface area contributed by atoms with Gasteiger partial charge in [0.05, 0.1) is 43.0 Å². The van der Waals surface area contributed by atoms with Crippen molar-refractivity contribution in [2.45, 2.75) is 6.04 Å². The maximum Gasteiger partial charge on any atom is 0.312 e. The zero-order valence-corrected chi connectivity index (χ0v) is 14.0. The van der Waals surface area contributed by atoms with Gasteiger partial charge in [0.25, 0.3) is 0 Å². The highest BCUT2D eigenvalue weighted by molar-refractivity contribution is 6.08. The van der Waals surface area contributed by atoms with Crippen LogP contribution in [0.3, 0.4) is 0 Å². The van der Waals surface area contributed by atoms with Crippen molar-refractivity contribution in [3.8, 4) is 5.75 Å². The van der Waals surface area contributed by atoms with E-state index < -0.39 is 12.0 Å². The Morgan fingerprint density at radius 1 is 1.27 bits per heavy atom. The summed E-state index contributed by atoms with van der Waals surface area (Å²) in [4.78, 5) is 17.3. The first-order valence-electron chi connectivity index (χ1n) is 8.24. The molecule has 26 heavy (non-hydrogen) atoms. The van der Waals surface area contributed by atoms with Gasteiger partial charge in [-0.2, -0.15) is 0 Å². The molecule has 7 nitrogen and oxygen atoms in total. The molecule has 2 aromatic carbocycles. The lowest BCUT2D eigenvalue weighted by Crippen LogP contribution is -2.36. The van der Waals surface area contributed by atoms with Crippen LogP contribution in [0.1, 0.15) is 17.2 Å². The summed E-state index contributed by atoms with van der Waals surface area (Å²) in [6.45, 7) is 0.356. The second-order valence-corrected chi connectivity index (χ2v) is 6.29. The van der Waals surface area contributed by atoms with Gasteiger partial charge < -0.3 is 19.9 Å². The lowest BCUT2D eigenvalue weighted by molar-refractivity contribution is -0.147. The lowest BCUT2D eigenvalue weighted by atomic mass is 9.81. The molecule has 0 fully saturated rings. The van der Waals surface area contributed by atoms with Gasteiger partial charge in [-0.05, 0) is 29.8 Å². The molecule has 134 valence electrons. The van der Waals surface area contributed by atoms with Crippen LogP contribution in [0.15, 0.2) is 53.5 Å². The molecule has 3 atom stereocenters. The van der Waals surface area contributed by atoms with Crippen LogP contribution in [0.2, 0.25) is 0 Å². The summed E-state index contributed by atoms with van der Waals surface area (Å²) in [7, 11) is 1.36. The number of nitrogens with zero attached hydrogens (tertiary/aromatic N) is 2. The van der Waals surface area contributed by atoms with Crippen LogP contribution in [-0.4, -0.2) is 30.6 Å². The Morgan fingerprint density at radius 3 is 2.69 bits per heavy atom. The predicted molar refractivity (Wildman–Crippen MR) is 94.3 cm³/mol. The number of carbonyl (C=O) groups is 1. The molecule has 3 unspecified atom stereocenters. The van der Waals surface area contributed by atoms with E-state index in [0.717, 1.165) is 22.6 Å². The highest BCUT2D eigenvalue weighted by Crippen LogP contribution is 2.45. The molecule has 0 amide bonds. The van der Waals surface area contributed by atoms with Gasteiger partial charge in [-0.3, -0.25) is 15.0 Å². The number of fused-ring (bicyclic) bond motifs is 3. The monoisotopic (exact) mass is 353 g/mol. The van der Waals surface area contributed by atoms with Gasteiger partial charge in [-0.25, -0.2) is 0 Å². The van der Waals surface area contributed by atoms with Crippen molar-refractivity contribution in [2.75, 3.05) is 18.9 Å². The summed E-state index contributed by atoms with van der Waals surface area (Å²) in [6.07, 6.45) is 0. The summed E-state index contributed by atoms with van der Waals surface area (Å²) in [5.41, 5.74) is 2.60. The Hall–Kier alpha value is -2.90. The number of ether oxygens (including phenoxy) is 2. The first kappa shape index (κ1) is 16.6. The fraction of sp³-hybridized carbons (Fsp3) is 0.263. The number of hydrogen-bond acceptors (Lipinski definition) is 7. The SMILES string of the molecule is COC(=O)C1C2COc3ccccc3C2=NC1c1ccc(N([O-])O)cc1. The molecule has 2 aliphatic heterocycles. The molecule has 7 heteroatoms. The molecule has 2 aliphatic rings. The first-order valence-corrected chi connectivity index (χ1v) is 8.24. The summed E-state index contributed by atoms with van der Waals surface area (Å²) >= 11 is 0. The van der Waals surface area contributed by atoms with Crippen LogP contribution in [0.5, 0.6) is 5.75 Å². The van der Waals surface area contributed by atoms with Crippen molar-refractivity contribution in [3.63, 3.8) is 0 Å². The number of para-hydroxylation sites is 1. The zero-order valence-electron chi connectivity index (χ0n) is 14.0. The lowest BCUT2D eigenvalue weighted by Gasteiger charge is -2.27. The smallest absolute Gasteiger partial charge is 0.312 e. The van der Waals surface area contributed by atoms with Crippen molar-refractivity contribution in [2.24, 2.45) is 16.8 Å². The molecule has 0 saturated heterocycles. The predicted octanol–water partition coefficient (Wildman–Crippen LogP) is 2.72. The Morgan fingerprint density at radius 2 is 2.00 bits per heavy atom. The summed E-state index contributed by atoms with van der Waals surface area (Å²) < 4.78 is 10.8. The minimum Gasteiger partial charge on any atom is -0.733 e. The van der Waals surface area contributed by atoms with Crippen LogP contribution in [0, 0.1) is 17.0 Å². The number of rotatable bonds is 3. The second kappa shape index (κ2) is 6.44. The average Bonchev–Trinajstić information content (AvgIpc) is 3.07. The Bertz CT molecular complexity index is 862. The normalized spacial score (nSPS) is 23.3. The van der Waals surface area contributed by atoms with Gasteiger partial charge in [-0.15, -0.1) is 0 Å². The summed E-state index contributed by atoms with van der Waals surface area (Å²) in [5.74, 6) is -0.301. The third-order valence-electron chi connectivity index (χ3n) is 4.91. The molecule has 2 heterocycles. The topological polar surface area (TPSA) is 94.4 Å². The van der Waals surface area contributed by atoms with Gasteiger partial charge in [-0.1, -0.05) is 24.3 Å². The van der Waals surface area contributed by atoms with E-state index in [4.69, 9.17) is 19.7 Å². The standard InChI is InChI=1S/C19H17N2O5/c1-25-19(22)16-14-10-26-15-5-3-2-4-13(15)18(14)20-17(16)11-6-8-12(9-7-11)21(23)24/h2-9,14,16-17,23H,10H2,1H3/q-1. The third-order valence-corrected chi connectivity index (χ3v) is 4.91. The second-order valence-electron chi connectivity index (χ2n) is 6.29. The molecule has 4 rings (SSSR count). The van der Waals surface area contributed by atoms with Crippen LogP contribution < -0.4 is 9.96 Å². The van der Waals surface area contributed by atoms with E-state index in [1.54, 1.807) is 12.1 Å². The number of hydrogen-bond donors (Lipinski definition) is 1. The van der Waals surface area contributed by atoms with Gasteiger partial charge in [0.1, 0.15) is 5.75 Å². The number of anilines is 1. The minimum absolute atomic E-state index is 0.111. The maximum absolute atomic E-state index is 12.5. The van der Waals surface area contributed by atoms with Crippen LogP contribution >= 0.6 is 0 Å². The van der Waals surface area contributed by atoms with Crippen molar-refractivity contribution in [3.05, 3.63) is 64.9 Å². The zero-order chi connectivity index (χ0) is 18.3. The molecule has 2 aromatic rings. The Balaban J connectivity index is 1.77. The van der Waals surface area contributed by atoms with Gasteiger partial charge in [0.2, 0.25) is 0 Å². The number of esters is 1. The maximum atomic E-state index is 12.5. The van der Waals surface area contributed by atoms with E-state index in [1.807, 2.05) is 24.3 Å².